The summed E-state index contributed by atoms with van der Waals surface area (Å²) in [5.74, 6) is -1.39. The Labute approximate surface area is 76.8 Å². The molecule has 0 aliphatic carbocycles. The van der Waals surface area contributed by atoms with Crippen LogP contribution in [0.4, 0.5) is 13.2 Å². The summed E-state index contributed by atoms with van der Waals surface area (Å²) in [4.78, 5) is 13.4. The van der Waals surface area contributed by atoms with Gasteiger partial charge in [-0.25, -0.2) is 18.2 Å². The molecule has 1 aromatic rings. The SMILES string of the molecule is N#Cc1ncc(C=O)c(F)c1C(F)F. The molecule has 14 heavy (non-hydrogen) atoms. The number of carbonyl (C=O) groups excluding carboxylic acids is 1. The molecule has 0 N–H and O–H groups in total. The molecular weight excluding hydrogens is 197 g/mol. The Bertz CT molecular complexity index is 412. The lowest BCUT2D eigenvalue weighted by molar-refractivity contribution is 0.111. The van der Waals surface area contributed by atoms with Gasteiger partial charge < -0.3 is 0 Å². The van der Waals surface area contributed by atoms with Crippen LogP contribution in [-0.4, -0.2) is 11.3 Å². The van der Waals surface area contributed by atoms with Crippen LogP contribution < -0.4 is 0 Å². The molecule has 0 atom stereocenters. The van der Waals surface area contributed by atoms with E-state index in [1.54, 1.807) is 0 Å². The number of alkyl halides is 2. The lowest BCUT2D eigenvalue weighted by Gasteiger charge is -2.04. The van der Waals surface area contributed by atoms with Gasteiger partial charge in [0.05, 0.1) is 11.1 Å². The van der Waals surface area contributed by atoms with Crippen molar-refractivity contribution in [1.29, 1.82) is 5.26 Å². The minimum atomic E-state index is -3.17. The van der Waals surface area contributed by atoms with Gasteiger partial charge in [0.25, 0.3) is 6.43 Å². The Kier molecular flexibility index (Phi) is 2.82. The molecule has 0 bridgehead atoms. The summed E-state index contributed by atoms with van der Waals surface area (Å²) < 4.78 is 37.6. The first kappa shape index (κ1) is 10.2. The van der Waals surface area contributed by atoms with E-state index in [0.717, 1.165) is 6.20 Å². The van der Waals surface area contributed by atoms with E-state index < -0.39 is 29.1 Å². The number of hydrogen-bond acceptors (Lipinski definition) is 3. The third kappa shape index (κ3) is 1.57. The Morgan fingerprint density at radius 2 is 2.21 bits per heavy atom. The van der Waals surface area contributed by atoms with Crippen LogP contribution in [0.1, 0.15) is 28.0 Å². The molecule has 0 unspecified atom stereocenters. The molecule has 0 saturated carbocycles. The monoisotopic (exact) mass is 200 g/mol. The average molecular weight is 200 g/mol. The van der Waals surface area contributed by atoms with Gasteiger partial charge in [-0.15, -0.1) is 0 Å². The van der Waals surface area contributed by atoms with Crippen LogP contribution in [0.15, 0.2) is 6.20 Å². The molecule has 3 nitrogen and oxygen atoms in total. The van der Waals surface area contributed by atoms with Crippen LogP contribution in [0.5, 0.6) is 0 Å². The van der Waals surface area contributed by atoms with Gasteiger partial charge in [-0.1, -0.05) is 0 Å². The number of aldehydes is 1. The molecular formula is C8H3F3N2O. The van der Waals surface area contributed by atoms with Gasteiger partial charge in [0, 0.05) is 6.20 Å². The number of carbonyl (C=O) groups is 1. The number of aromatic nitrogens is 1. The van der Waals surface area contributed by atoms with E-state index in [9.17, 15) is 18.0 Å². The van der Waals surface area contributed by atoms with Gasteiger partial charge in [-0.2, -0.15) is 5.26 Å². The van der Waals surface area contributed by atoms with Crippen molar-refractivity contribution in [2.45, 2.75) is 6.43 Å². The van der Waals surface area contributed by atoms with Crippen molar-refractivity contribution in [2.75, 3.05) is 0 Å². The van der Waals surface area contributed by atoms with E-state index in [4.69, 9.17) is 5.26 Å². The predicted molar refractivity (Wildman–Crippen MR) is 39.3 cm³/mol. The fourth-order valence-corrected chi connectivity index (χ4v) is 0.890. The first-order chi connectivity index (χ1) is 6.61. The van der Waals surface area contributed by atoms with E-state index in [1.807, 2.05) is 0 Å². The zero-order chi connectivity index (χ0) is 10.7. The molecule has 72 valence electrons. The minimum absolute atomic E-state index is 0.0648. The highest BCUT2D eigenvalue weighted by Gasteiger charge is 2.22. The lowest BCUT2D eigenvalue weighted by atomic mass is 10.1. The van der Waals surface area contributed by atoms with Crippen molar-refractivity contribution in [3.05, 3.63) is 28.8 Å². The highest BCUT2D eigenvalue weighted by Crippen LogP contribution is 2.25. The maximum Gasteiger partial charge on any atom is 0.269 e. The topological polar surface area (TPSA) is 53.8 Å². The van der Waals surface area contributed by atoms with Gasteiger partial charge in [-0.05, 0) is 0 Å². The summed E-state index contributed by atoms with van der Waals surface area (Å²) in [7, 11) is 0. The second kappa shape index (κ2) is 3.87. The zero-order valence-corrected chi connectivity index (χ0v) is 6.67. The maximum atomic E-state index is 13.1. The van der Waals surface area contributed by atoms with Crippen molar-refractivity contribution in [3.63, 3.8) is 0 Å². The van der Waals surface area contributed by atoms with Crippen molar-refractivity contribution >= 4 is 6.29 Å². The number of pyridine rings is 1. The van der Waals surface area contributed by atoms with E-state index in [1.165, 1.54) is 6.07 Å². The van der Waals surface area contributed by atoms with E-state index in [-0.39, 0.29) is 6.29 Å². The fourth-order valence-electron chi connectivity index (χ4n) is 0.890. The highest BCUT2D eigenvalue weighted by atomic mass is 19.3. The van der Waals surface area contributed by atoms with Gasteiger partial charge in [0.2, 0.25) is 0 Å². The molecule has 0 radical (unpaired) electrons. The van der Waals surface area contributed by atoms with Crippen molar-refractivity contribution in [2.24, 2.45) is 0 Å². The Balaban J connectivity index is 3.48. The third-order valence-corrected chi connectivity index (χ3v) is 1.53. The summed E-state index contributed by atoms with van der Waals surface area (Å²) in [6.45, 7) is 0. The van der Waals surface area contributed by atoms with Gasteiger partial charge >= 0.3 is 0 Å². The van der Waals surface area contributed by atoms with Crippen LogP contribution in [0.3, 0.4) is 0 Å². The van der Waals surface area contributed by atoms with Crippen molar-refractivity contribution in [3.8, 4) is 6.07 Å². The Morgan fingerprint density at radius 3 is 2.64 bits per heavy atom. The second-order valence-corrected chi connectivity index (χ2v) is 2.32. The molecule has 0 aliphatic rings. The van der Waals surface area contributed by atoms with E-state index in [2.05, 4.69) is 4.98 Å². The third-order valence-electron chi connectivity index (χ3n) is 1.53. The molecule has 0 aromatic carbocycles. The van der Waals surface area contributed by atoms with Gasteiger partial charge in [0.1, 0.15) is 11.9 Å². The van der Waals surface area contributed by atoms with Crippen LogP contribution in [0.2, 0.25) is 0 Å². The van der Waals surface area contributed by atoms with E-state index in [0.29, 0.717) is 0 Å². The largest absolute Gasteiger partial charge is 0.298 e. The average Bonchev–Trinajstić information content (AvgIpc) is 2.16. The van der Waals surface area contributed by atoms with Crippen molar-refractivity contribution < 1.29 is 18.0 Å². The zero-order valence-electron chi connectivity index (χ0n) is 6.67. The molecule has 1 heterocycles. The molecule has 0 aliphatic heterocycles. The summed E-state index contributed by atoms with van der Waals surface area (Å²) >= 11 is 0. The number of nitrogens with zero attached hydrogens (tertiary/aromatic N) is 2. The molecule has 0 spiro atoms. The summed E-state index contributed by atoms with van der Waals surface area (Å²) in [6.07, 6.45) is -2.36. The quantitative estimate of drug-likeness (QED) is 0.684. The molecule has 0 fully saturated rings. The van der Waals surface area contributed by atoms with Gasteiger partial charge in [0.15, 0.2) is 12.0 Å². The number of halogens is 3. The Morgan fingerprint density at radius 1 is 1.57 bits per heavy atom. The highest BCUT2D eigenvalue weighted by molar-refractivity contribution is 5.75. The maximum absolute atomic E-state index is 13.1. The standard InChI is InChI=1S/C8H3F3N2O/c9-7-4(3-14)2-13-5(1-12)6(7)8(10)11/h2-3,8H. The molecule has 1 aromatic heterocycles. The van der Waals surface area contributed by atoms with Crippen molar-refractivity contribution in [1.82, 2.24) is 4.98 Å². The number of rotatable bonds is 2. The minimum Gasteiger partial charge on any atom is -0.298 e. The number of hydrogen-bond donors (Lipinski definition) is 0. The normalized spacial score (nSPS) is 9.93. The first-order valence-electron chi connectivity index (χ1n) is 3.43. The van der Waals surface area contributed by atoms with Crippen LogP contribution in [-0.2, 0) is 0 Å². The molecule has 0 amide bonds. The molecule has 6 heteroatoms. The van der Waals surface area contributed by atoms with Crippen LogP contribution >= 0.6 is 0 Å². The smallest absolute Gasteiger partial charge is 0.269 e. The fraction of sp³-hybridized carbons (Fsp3) is 0.125. The lowest BCUT2D eigenvalue weighted by Crippen LogP contribution is -2.03. The summed E-state index contributed by atoms with van der Waals surface area (Å²) in [5.41, 5.74) is -2.42. The second-order valence-electron chi connectivity index (χ2n) is 2.32. The van der Waals surface area contributed by atoms with Crippen LogP contribution in [0, 0.1) is 17.1 Å². The molecule has 1 rings (SSSR count). The number of nitriles is 1. The van der Waals surface area contributed by atoms with E-state index >= 15 is 0 Å². The van der Waals surface area contributed by atoms with Gasteiger partial charge in [-0.3, -0.25) is 4.79 Å². The summed E-state index contributed by atoms with van der Waals surface area (Å²) in [6, 6.07) is 1.32. The molecule has 0 saturated heterocycles. The Hall–Kier alpha value is -1.90. The van der Waals surface area contributed by atoms with Crippen LogP contribution in [0.25, 0.3) is 0 Å². The summed E-state index contributed by atoms with van der Waals surface area (Å²) in [5, 5.41) is 8.35. The first-order valence-corrected chi connectivity index (χ1v) is 3.43. The predicted octanol–water partition coefficient (Wildman–Crippen LogP) is 1.84.